The molecule has 1 rings (SSSR count). The van der Waals surface area contributed by atoms with Crippen LogP contribution < -0.4 is 0 Å². The van der Waals surface area contributed by atoms with Gasteiger partial charge in [0.25, 0.3) is 0 Å². The van der Waals surface area contributed by atoms with E-state index in [1.165, 1.54) is 19.3 Å². The molecule has 0 bridgehead atoms. The van der Waals surface area contributed by atoms with E-state index in [0.717, 1.165) is 19.3 Å². The van der Waals surface area contributed by atoms with E-state index in [-0.39, 0.29) is 0 Å². The molecule has 68 valence electrons. The summed E-state index contributed by atoms with van der Waals surface area (Å²) < 4.78 is 0. The molecule has 0 aromatic carbocycles. The highest BCUT2D eigenvalue weighted by molar-refractivity contribution is 6.43. The molecule has 0 saturated heterocycles. The van der Waals surface area contributed by atoms with Crippen LogP contribution >= 0.6 is 11.6 Å². The Kier molecular flexibility index (Phi) is 4.15. The van der Waals surface area contributed by atoms with Gasteiger partial charge in [-0.25, -0.2) is 0 Å². The Bertz CT molecular complexity index is 199. The van der Waals surface area contributed by atoms with Crippen molar-refractivity contribution in [3.05, 3.63) is 11.1 Å². The molecule has 12 heavy (non-hydrogen) atoms. The Morgan fingerprint density at radius 1 is 1.25 bits per heavy atom. The number of nitrogens with zero attached hydrogens (tertiary/aromatic N) is 1. The number of allylic oxidation sites excluding steroid dienone is 2. The van der Waals surface area contributed by atoms with Crippen molar-refractivity contribution < 1.29 is 5.21 Å². The highest BCUT2D eigenvalue weighted by Gasteiger charge is 2.06. The molecule has 0 radical (unpaired) electrons. The molecule has 0 aromatic rings. The van der Waals surface area contributed by atoms with Crippen LogP contribution in [0.5, 0.6) is 0 Å². The summed E-state index contributed by atoms with van der Waals surface area (Å²) >= 11 is 5.90. The molecular weight excluding hydrogens is 174 g/mol. The first-order chi connectivity index (χ1) is 5.84. The van der Waals surface area contributed by atoms with Gasteiger partial charge in [0, 0.05) is 0 Å². The number of hydrogen-bond donors (Lipinski definition) is 1. The van der Waals surface area contributed by atoms with Gasteiger partial charge in [-0.15, -0.1) is 0 Å². The molecule has 1 N–H and O–H groups in total. The van der Waals surface area contributed by atoms with Gasteiger partial charge in [0.15, 0.2) is 0 Å². The Hall–Kier alpha value is -0.500. The molecule has 0 amide bonds. The molecule has 2 nitrogen and oxygen atoms in total. The summed E-state index contributed by atoms with van der Waals surface area (Å²) in [5.41, 5.74) is 0.638. The Balaban J connectivity index is 2.62. The number of hydrogen-bond acceptors (Lipinski definition) is 2. The predicted molar refractivity (Wildman–Crippen MR) is 50.9 cm³/mol. The predicted octanol–water partition coefficient (Wildman–Crippen LogP) is 3.29. The van der Waals surface area contributed by atoms with E-state index in [0.29, 0.717) is 10.7 Å². The Morgan fingerprint density at radius 2 is 2.00 bits per heavy atom. The minimum absolute atomic E-state index is 0.624. The molecule has 0 aromatic heterocycles. The third-order valence-electron chi connectivity index (χ3n) is 2.09. The van der Waals surface area contributed by atoms with Gasteiger partial charge in [-0.05, 0) is 25.7 Å². The Labute approximate surface area is 77.9 Å². The second kappa shape index (κ2) is 5.20. The molecule has 1 aliphatic rings. The van der Waals surface area contributed by atoms with E-state index in [1.54, 1.807) is 0 Å². The fourth-order valence-electron chi connectivity index (χ4n) is 1.35. The van der Waals surface area contributed by atoms with Crippen molar-refractivity contribution in [1.82, 2.24) is 0 Å². The molecule has 0 heterocycles. The smallest absolute Gasteiger partial charge is 0.0978 e. The van der Waals surface area contributed by atoms with Crippen LogP contribution in [0.2, 0.25) is 0 Å². The van der Waals surface area contributed by atoms with Gasteiger partial charge >= 0.3 is 0 Å². The third-order valence-corrected chi connectivity index (χ3v) is 2.46. The SMILES string of the molecule is ON=C1CCCCCC/C=C/1Cl. The highest BCUT2D eigenvalue weighted by Crippen LogP contribution is 2.17. The maximum Gasteiger partial charge on any atom is 0.0978 e. The maximum atomic E-state index is 8.63. The maximum absolute atomic E-state index is 8.63. The Morgan fingerprint density at radius 3 is 2.75 bits per heavy atom. The van der Waals surface area contributed by atoms with E-state index in [4.69, 9.17) is 16.8 Å². The van der Waals surface area contributed by atoms with E-state index in [2.05, 4.69) is 5.16 Å². The molecule has 0 aliphatic heterocycles. The van der Waals surface area contributed by atoms with Gasteiger partial charge in [0.2, 0.25) is 0 Å². The topological polar surface area (TPSA) is 32.6 Å². The zero-order valence-electron chi connectivity index (χ0n) is 7.09. The van der Waals surface area contributed by atoms with Crippen LogP contribution in [0.4, 0.5) is 0 Å². The van der Waals surface area contributed by atoms with Crippen LogP contribution in [-0.4, -0.2) is 10.9 Å². The van der Waals surface area contributed by atoms with Crippen LogP contribution in [0.25, 0.3) is 0 Å². The van der Waals surface area contributed by atoms with Crippen molar-refractivity contribution in [3.63, 3.8) is 0 Å². The van der Waals surface area contributed by atoms with Crippen molar-refractivity contribution in [2.45, 2.75) is 38.5 Å². The normalized spacial score (nSPS) is 28.4. The summed E-state index contributed by atoms with van der Waals surface area (Å²) in [4.78, 5) is 0. The van der Waals surface area contributed by atoms with Crippen molar-refractivity contribution in [1.29, 1.82) is 0 Å². The minimum atomic E-state index is 0.624. The van der Waals surface area contributed by atoms with E-state index < -0.39 is 0 Å². The van der Waals surface area contributed by atoms with Gasteiger partial charge < -0.3 is 5.21 Å². The molecule has 3 heteroatoms. The monoisotopic (exact) mass is 187 g/mol. The number of oxime groups is 1. The van der Waals surface area contributed by atoms with Crippen LogP contribution in [-0.2, 0) is 0 Å². The van der Waals surface area contributed by atoms with E-state index in [1.807, 2.05) is 6.08 Å². The number of halogens is 1. The quantitative estimate of drug-likeness (QED) is 0.458. The van der Waals surface area contributed by atoms with E-state index >= 15 is 0 Å². The number of rotatable bonds is 0. The van der Waals surface area contributed by atoms with Crippen LogP contribution in [0.3, 0.4) is 0 Å². The summed E-state index contributed by atoms with van der Waals surface area (Å²) in [5.74, 6) is 0. The first-order valence-corrected chi connectivity index (χ1v) is 4.79. The summed E-state index contributed by atoms with van der Waals surface area (Å²) in [6.07, 6.45) is 8.46. The molecule has 0 unspecified atom stereocenters. The van der Waals surface area contributed by atoms with Gasteiger partial charge in [0.05, 0.1) is 10.7 Å². The summed E-state index contributed by atoms with van der Waals surface area (Å²) in [6.45, 7) is 0. The molecule has 0 saturated carbocycles. The van der Waals surface area contributed by atoms with Gasteiger partial charge in [-0.1, -0.05) is 35.7 Å². The standard InChI is InChI=1S/C9H14ClNO/c10-8-6-4-2-1-3-5-7-9(8)11-12/h6,12H,1-5,7H2/b8-6-,11-9?. The second-order valence-corrected chi connectivity index (χ2v) is 3.46. The average Bonchev–Trinajstić information content (AvgIpc) is 2.17. The molecule has 0 atom stereocenters. The fourth-order valence-corrected chi connectivity index (χ4v) is 1.60. The molecular formula is C9H14ClNO. The van der Waals surface area contributed by atoms with Crippen LogP contribution in [0.15, 0.2) is 16.3 Å². The van der Waals surface area contributed by atoms with E-state index in [9.17, 15) is 0 Å². The summed E-state index contributed by atoms with van der Waals surface area (Å²) in [5, 5.41) is 12.4. The summed E-state index contributed by atoms with van der Waals surface area (Å²) in [7, 11) is 0. The third kappa shape index (κ3) is 2.86. The average molecular weight is 188 g/mol. The fraction of sp³-hybridized carbons (Fsp3) is 0.667. The first-order valence-electron chi connectivity index (χ1n) is 4.41. The highest BCUT2D eigenvalue weighted by atomic mass is 35.5. The first kappa shape index (κ1) is 9.59. The lowest BCUT2D eigenvalue weighted by Gasteiger charge is -1.99. The molecule has 0 fully saturated rings. The lowest BCUT2D eigenvalue weighted by atomic mass is 10.1. The molecule has 0 spiro atoms. The lowest BCUT2D eigenvalue weighted by Crippen LogP contribution is -1.97. The van der Waals surface area contributed by atoms with Crippen LogP contribution in [0.1, 0.15) is 38.5 Å². The van der Waals surface area contributed by atoms with Gasteiger partial charge in [-0.3, -0.25) is 0 Å². The van der Waals surface area contributed by atoms with Crippen molar-refractivity contribution in [3.8, 4) is 0 Å². The lowest BCUT2D eigenvalue weighted by molar-refractivity contribution is 0.318. The largest absolute Gasteiger partial charge is 0.411 e. The minimum Gasteiger partial charge on any atom is -0.411 e. The molecule has 1 aliphatic carbocycles. The van der Waals surface area contributed by atoms with Crippen molar-refractivity contribution in [2.24, 2.45) is 5.16 Å². The van der Waals surface area contributed by atoms with Crippen molar-refractivity contribution in [2.75, 3.05) is 0 Å². The van der Waals surface area contributed by atoms with Crippen LogP contribution in [0, 0.1) is 0 Å². The zero-order chi connectivity index (χ0) is 8.81. The summed E-state index contributed by atoms with van der Waals surface area (Å²) in [6, 6.07) is 0. The second-order valence-electron chi connectivity index (χ2n) is 3.05. The zero-order valence-corrected chi connectivity index (χ0v) is 7.85. The van der Waals surface area contributed by atoms with Gasteiger partial charge in [0.1, 0.15) is 0 Å². The van der Waals surface area contributed by atoms with Gasteiger partial charge in [-0.2, -0.15) is 0 Å². The van der Waals surface area contributed by atoms with Crippen molar-refractivity contribution >= 4 is 17.3 Å².